The molecule has 0 aliphatic carbocycles. The molecule has 0 atom stereocenters. The Hall–Kier alpha value is -1.89. The van der Waals surface area contributed by atoms with Crippen molar-refractivity contribution in [2.45, 2.75) is 13.3 Å². The van der Waals surface area contributed by atoms with Gasteiger partial charge in [0.25, 0.3) is 5.91 Å². The van der Waals surface area contributed by atoms with Crippen molar-refractivity contribution in [3.05, 3.63) is 39.9 Å². The number of nitrogens with one attached hydrogen (secondary N) is 1. The monoisotopic (exact) mass is 340 g/mol. The van der Waals surface area contributed by atoms with Crippen LogP contribution in [0.5, 0.6) is 0 Å². The van der Waals surface area contributed by atoms with Gasteiger partial charge in [-0.05, 0) is 40.5 Å². The molecule has 106 valence electrons. The first-order chi connectivity index (χ1) is 9.43. The van der Waals surface area contributed by atoms with Crippen molar-refractivity contribution in [2.75, 3.05) is 11.1 Å². The van der Waals surface area contributed by atoms with Crippen LogP contribution in [0.15, 0.2) is 22.7 Å². The highest BCUT2D eigenvalue weighted by molar-refractivity contribution is 9.10. The topological polar surface area (TPSA) is 72.9 Å². The third kappa shape index (κ3) is 2.67. The minimum absolute atomic E-state index is 0.280. The van der Waals surface area contributed by atoms with Gasteiger partial charge in [-0.3, -0.25) is 9.48 Å². The van der Waals surface area contributed by atoms with E-state index in [1.165, 1.54) is 22.9 Å². The maximum atomic E-state index is 13.1. The molecule has 0 radical (unpaired) electrons. The number of halogens is 2. The number of hydrogen-bond acceptors (Lipinski definition) is 3. The zero-order valence-corrected chi connectivity index (χ0v) is 12.7. The lowest BCUT2D eigenvalue weighted by molar-refractivity contribution is 0.101. The van der Waals surface area contributed by atoms with E-state index in [0.29, 0.717) is 29.2 Å². The van der Waals surface area contributed by atoms with Crippen molar-refractivity contribution in [1.29, 1.82) is 0 Å². The maximum Gasteiger partial charge on any atom is 0.276 e. The van der Waals surface area contributed by atoms with Crippen LogP contribution in [-0.4, -0.2) is 15.7 Å². The molecule has 3 N–H and O–H groups in total. The first-order valence-corrected chi connectivity index (χ1v) is 6.81. The predicted octanol–water partition coefficient (Wildman–Crippen LogP) is 2.72. The fourth-order valence-corrected chi connectivity index (χ4v) is 2.27. The third-order valence-corrected chi connectivity index (χ3v) is 3.50. The van der Waals surface area contributed by atoms with Crippen LogP contribution in [0, 0.1) is 5.82 Å². The number of aryl methyl sites for hydroxylation is 2. The molecule has 5 nitrogen and oxygen atoms in total. The molecule has 1 heterocycles. The van der Waals surface area contributed by atoms with E-state index in [1.807, 2.05) is 6.92 Å². The fourth-order valence-electron chi connectivity index (χ4n) is 1.89. The van der Waals surface area contributed by atoms with Crippen LogP contribution in [0.3, 0.4) is 0 Å². The summed E-state index contributed by atoms with van der Waals surface area (Å²) in [5.74, 6) is -0.771. The average Bonchev–Trinajstić information content (AvgIpc) is 2.68. The van der Waals surface area contributed by atoms with Gasteiger partial charge in [-0.1, -0.05) is 6.92 Å². The van der Waals surface area contributed by atoms with E-state index in [1.54, 1.807) is 7.05 Å². The average molecular weight is 341 g/mol. The Morgan fingerprint density at radius 3 is 2.80 bits per heavy atom. The number of anilines is 2. The molecular formula is C13H14BrFN4O. The second kappa shape index (κ2) is 5.62. The van der Waals surface area contributed by atoms with E-state index in [2.05, 4.69) is 26.3 Å². The molecule has 0 aliphatic rings. The van der Waals surface area contributed by atoms with Crippen LogP contribution in [0.25, 0.3) is 0 Å². The summed E-state index contributed by atoms with van der Waals surface area (Å²) in [4.78, 5) is 12.2. The fraction of sp³-hybridized carbons (Fsp3) is 0.231. The molecule has 2 rings (SSSR count). The normalized spacial score (nSPS) is 10.6. The number of aromatic nitrogens is 2. The Balaban J connectivity index is 2.28. The van der Waals surface area contributed by atoms with E-state index in [4.69, 9.17) is 5.73 Å². The minimum Gasteiger partial charge on any atom is -0.395 e. The summed E-state index contributed by atoms with van der Waals surface area (Å²) < 4.78 is 14.9. The lowest BCUT2D eigenvalue weighted by Gasteiger charge is -2.07. The summed E-state index contributed by atoms with van der Waals surface area (Å²) in [7, 11) is 1.66. The second-order valence-corrected chi connectivity index (χ2v) is 5.12. The molecule has 1 amide bonds. The molecule has 2 aromatic rings. The number of nitrogens with two attached hydrogens (primary N) is 1. The number of benzene rings is 1. The van der Waals surface area contributed by atoms with Crippen molar-refractivity contribution < 1.29 is 9.18 Å². The van der Waals surface area contributed by atoms with Gasteiger partial charge in [0.2, 0.25) is 0 Å². The third-order valence-electron chi connectivity index (χ3n) is 2.89. The zero-order chi connectivity index (χ0) is 14.9. The molecule has 0 unspecified atom stereocenters. The zero-order valence-electron chi connectivity index (χ0n) is 11.1. The van der Waals surface area contributed by atoms with Gasteiger partial charge in [-0.15, -0.1) is 0 Å². The van der Waals surface area contributed by atoms with Crippen LogP contribution < -0.4 is 11.1 Å². The summed E-state index contributed by atoms with van der Waals surface area (Å²) >= 11 is 3.07. The lowest BCUT2D eigenvalue weighted by atomic mass is 10.2. The van der Waals surface area contributed by atoms with E-state index < -0.39 is 5.82 Å². The van der Waals surface area contributed by atoms with Crippen molar-refractivity contribution in [2.24, 2.45) is 7.05 Å². The molecule has 7 heteroatoms. The largest absolute Gasteiger partial charge is 0.395 e. The van der Waals surface area contributed by atoms with Crippen LogP contribution in [0.2, 0.25) is 0 Å². The van der Waals surface area contributed by atoms with Gasteiger partial charge in [-0.2, -0.15) is 5.10 Å². The van der Waals surface area contributed by atoms with Crippen molar-refractivity contribution in [1.82, 2.24) is 9.78 Å². The molecule has 0 aliphatic heterocycles. The van der Waals surface area contributed by atoms with Gasteiger partial charge in [-0.25, -0.2) is 4.39 Å². The summed E-state index contributed by atoms with van der Waals surface area (Å²) in [6, 6.07) is 4.23. The van der Waals surface area contributed by atoms with Gasteiger partial charge in [0.15, 0.2) is 0 Å². The molecule has 0 bridgehead atoms. The number of rotatable bonds is 3. The Morgan fingerprint density at radius 2 is 2.25 bits per heavy atom. The maximum absolute atomic E-state index is 13.1. The van der Waals surface area contributed by atoms with Crippen LogP contribution in [0.1, 0.15) is 23.1 Å². The molecule has 1 aromatic carbocycles. The lowest BCUT2D eigenvalue weighted by Crippen LogP contribution is -2.17. The number of nitrogen functional groups attached to an aromatic ring is 1. The SMILES string of the molecule is CCc1nn(C)c(C(=O)Nc2ccc(F)c(Br)c2)c1N. The quantitative estimate of drug-likeness (QED) is 0.902. The van der Waals surface area contributed by atoms with Crippen molar-refractivity contribution in [3.63, 3.8) is 0 Å². The van der Waals surface area contributed by atoms with E-state index in [9.17, 15) is 9.18 Å². The molecule has 0 fully saturated rings. The summed E-state index contributed by atoms with van der Waals surface area (Å²) in [6.07, 6.45) is 0.648. The van der Waals surface area contributed by atoms with Crippen LogP contribution in [-0.2, 0) is 13.5 Å². The molecule has 0 spiro atoms. The van der Waals surface area contributed by atoms with Crippen LogP contribution in [0.4, 0.5) is 15.8 Å². The number of carbonyl (C=O) groups excluding carboxylic acids is 1. The Morgan fingerprint density at radius 1 is 1.55 bits per heavy atom. The van der Waals surface area contributed by atoms with E-state index in [-0.39, 0.29) is 10.4 Å². The van der Waals surface area contributed by atoms with E-state index >= 15 is 0 Å². The molecule has 1 aromatic heterocycles. The highest BCUT2D eigenvalue weighted by atomic mass is 79.9. The standard InChI is InChI=1S/C13H14BrFN4O/c1-3-10-11(16)12(19(2)18-10)13(20)17-7-4-5-9(15)8(14)6-7/h4-6H,3,16H2,1-2H3,(H,17,20). The molecular weight excluding hydrogens is 327 g/mol. The summed E-state index contributed by atoms with van der Waals surface area (Å²) in [5, 5.41) is 6.85. The van der Waals surface area contributed by atoms with Crippen LogP contribution >= 0.6 is 15.9 Å². The number of hydrogen-bond donors (Lipinski definition) is 2. The van der Waals surface area contributed by atoms with Crippen molar-refractivity contribution in [3.8, 4) is 0 Å². The first kappa shape index (κ1) is 14.5. The Bertz CT molecular complexity index is 669. The molecule has 0 saturated carbocycles. The number of carbonyl (C=O) groups is 1. The molecule has 20 heavy (non-hydrogen) atoms. The molecule has 0 saturated heterocycles. The summed E-state index contributed by atoms with van der Waals surface area (Å²) in [6.45, 7) is 1.91. The first-order valence-electron chi connectivity index (χ1n) is 6.01. The van der Waals surface area contributed by atoms with Gasteiger partial charge in [0.1, 0.15) is 11.5 Å². The van der Waals surface area contributed by atoms with Gasteiger partial charge in [0.05, 0.1) is 15.9 Å². The smallest absolute Gasteiger partial charge is 0.276 e. The second-order valence-electron chi connectivity index (χ2n) is 4.27. The van der Waals surface area contributed by atoms with Gasteiger partial charge >= 0.3 is 0 Å². The highest BCUT2D eigenvalue weighted by Gasteiger charge is 2.19. The highest BCUT2D eigenvalue weighted by Crippen LogP contribution is 2.22. The number of amides is 1. The van der Waals surface area contributed by atoms with Gasteiger partial charge < -0.3 is 11.1 Å². The Kier molecular flexibility index (Phi) is 4.08. The predicted molar refractivity (Wildman–Crippen MR) is 79.1 cm³/mol. The van der Waals surface area contributed by atoms with Gasteiger partial charge in [0, 0.05) is 12.7 Å². The van der Waals surface area contributed by atoms with Crippen molar-refractivity contribution >= 4 is 33.2 Å². The number of nitrogens with zero attached hydrogens (tertiary/aromatic N) is 2. The minimum atomic E-state index is -0.392. The summed E-state index contributed by atoms with van der Waals surface area (Å²) in [5.41, 5.74) is 7.73. The Labute approximate surface area is 124 Å². The van der Waals surface area contributed by atoms with E-state index in [0.717, 1.165) is 0 Å².